The number of rotatable bonds is 7. The van der Waals surface area contributed by atoms with E-state index < -0.39 is 10.0 Å². The number of halogens is 1. The highest BCUT2D eigenvalue weighted by atomic mass is 32.2. The van der Waals surface area contributed by atoms with Crippen LogP contribution >= 0.6 is 11.3 Å². The minimum absolute atomic E-state index is 0.00480. The largest absolute Gasteiger partial charge is 0.354 e. The Morgan fingerprint density at radius 3 is 2.52 bits per heavy atom. The second-order valence-electron chi connectivity index (χ2n) is 7.59. The number of nitrogens with zero attached hydrogens (tertiary/aromatic N) is 4. The molecule has 3 aromatic rings. The Kier molecular flexibility index (Phi) is 7.01. The molecular weight excluding hydrogens is 465 g/mol. The molecule has 1 saturated heterocycles. The first-order valence-electron chi connectivity index (χ1n) is 10.5. The second-order valence-corrected chi connectivity index (χ2v) is 10.7. The van der Waals surface area contributed by atoms with Gasteiger partial charge in [0.1, 0.15) is 21.5 Å². The summed E-state index contributed by atoms with van der Waals surface area (Å²) in [6.45, 7) is 3.61. The predicted molar refractivity (Wildman–Crippen MR) is 126 cm³/mol. The Bertz CT molecular complexity index is 1210. The third-order valence-electron chi connectivity index (χ3n) is 5.34. The zero-order valence-corrected chi connectivity index (χ0v) is 19.7. The van der Waals surface area contributed by atoms with E-state index in [2.05, 4.69) is 20.2 Å². The van der Waals surface area contributed by atoms with E-state index >= 15 is 0 Å². The molecule has 0 bridgehead atoms. The fraction of sp³-hybridized carbons (Fsp3) is 0.318. The van der Waals surface area contributed by atoms with Crippen molar-refractivity contribution >= 4 is 33.1 Å². The van der Waals surface area contributed by atoms with Crippen LogP contribution in [0, 0.1) is 12.7 Å². The molecule has 1 aliphatic heterocycles. The number of piperazine rings is 1. The summed E-state index contributed by atoms with van der Waals surface area (Å²) in [6, 6.07) is 11.5. The van der Waals surface area contributed by atoms with E-state index in [-0.39, 0.29) is 24.0 Å². The van der Waals surface area contributed by atoms with Crippen LogP contribution in [0.25, 0.3) is 10.6 Å². The molecule has 33 heavy (non-hydrogen) atoms. The number of thiazole rings is 1. The van der Waals surface area contributed by atoms with Gasteiger partial charge in [-0.05, 0) is 43.3 Å². The van der Waals surface area contributed by atoms with Gasteiger partial charge in [0.25, 0.3) is 5.91 Å². The number of pyridine rings is 1. The molecule has 174 valence electrons. The normalized spacial score (nSPS) is 14.9. The van der Waals surface area contributed by atoms with Gasteiger partial charge in [0, 0.05) is 44.5 Å². The van der Waals surface area contributed by atoms with Crippen molar-refractivity contribution in [3.05, 3.63) is 65.0 Å². The maximum atomic E-state index is 13.1. The summed E-state index contributed by atoms with van der Waals surface area (Å²) in [7, 11) is -3.49. The van der Waals surface area contributed by atoms with Crippen LogP contribution in [-0.2, 0) is 10.0 Å². The molecule has 3 heterocycles. The van der Waals surface area contributed by atoms with Gasteiger partial charge >= 0.3 is 0 Å². The lowest BCUT2D eigenvalue weighted by Gasteiger charge is -2.34. The quantitative estimate of drug-likeness (QED) is 0.548. The van der Waals surface area contributed by atoms with Gasteiger partial charge in [0.2, 0.25) is 10.0 Å². The van der Waals surface area contributed by atoms with Crippen LogP contribution in [0.4, 0.5) is 10.2 Å². The number of anilines is 1. The standard InChI is InChI=1S/C22H24FN5O3S2/c1-16-20(32-22(26-16)17-5-7-18(23)8-6-17)21(29)25-10-15-33(30,31)28-13-11-27(12-14-28)19-4-2-3-9-24-19/h2-9H,10-15H2,1H3,(H,25,29). The number of benzene rings is 1. The Balaban J connectivity index is 1.30. The lowest BCUT2D eigenvalue weighted by molar-refractivity contribution is 0.0959. The average molecular weight is 490 g/mol. The monoisotopic (exact) mass is 489 g/mol. The number of nitrogens with one attached hydrogen (secondary N) is 1. The molecule has 0 radical (unpaired) electrons. The summed E-state index contributed by atoms with van der Waals surface area (Å²) in [6.07, 6.45) is 1.72. The van der Waals surface area contributed by atoms with Gasteiger partial charge in [0.05, 0.1) is 11.4 Å². The van der Waals surface area contributed by atoms with E-state index in [9.17, 15) is 17.6 Å². The van der Waals surface area contributed by atoms with Crippen LogP contribution in [0.5, 0.6) is 0 Å². The van der Waals surface area contributed by atoms with Crippen molar-refractivity contribution in [2.45, 2.75) is 6.92 Å². The number of aryl methyl sites for hydroxylation is 1. The van der Waals surface area contributed by atoms with Crippen molar-refractivity contribution in [3.8, 4) is 10.6 Å². The molecule has 2 aromatic heterocycles. The highest BCUT2D eigenvalue weighted by molar-refractivity contribution is 7.89. The Labute approximate surface area is 196 Å². The first-order valence-corrected chi connectivity index (χ1v) is 12.9. The van der Waals surface area contributed by atoms with Crippen LogP contribution in [-0.4, -0.2) is 67.1 Å². The molecule has 0 aliphatic carbocycles. The van der Waals surface area contributed by atoms with Crippen molar-refractivity contribution in [3.63, 3.8) is 0 Å². The van der Waals surface area contributed by atoms with Crippen molar-refractivity contribution in [1.82, 2.24) is 19.6 Å². The van der Waals surface area contributed by atoms with Gasteiger partial charge in [-0.3, -0.25) is 4.79 Å². The Morgan fingerprint density at radius 2 is 1.85 bits per heavy atom. The van der Waals surface area contributed by atoms with E-state index in [1.54, 1.807) is 25.3 Å². The number of carbonyl (C=O) groups excluding carboxylic acids is 1. The first kappa shape index (κ1) is 23.3. The molecule has 1 fully saturated rings. The number of aromatic nitrogens is 2. The molecular formula is C22H24FN5O3S2. The van der Waals surface area contributed by atoms with Crippen LogP contribution in [0.1, 0.15) is 15.4 Å². The van der Waals surface area contributed by atoms with E-state index in [4.69, 9.17) is 0 Å². The molecule has 1 aromatic carbocycles. The van der Waals surface area contributed by atoms with Gasteiger partial charge in [-0.1, -0.05) is 6.07 Å². The van der Waals surface area contributed by atoms with Crippen molar-refractivity contribution in [2.75, 3.05) is 43.4 Å². The second kappa shape index (κ2) is 9.94. The Hall–Kier alpha value is -2.89. The fourth-order valence-electron chi connectivity index (χ4n) is 3.56. The third-order valence-corrected chi connectivity index (χ3v) is 8.42. The lowest BCUT2D eigenvalue weighted by atomic mass is 10.2. The van der Waals surface area contributed by atoms with E-state index in [0.717, 1.165) is 11.4 Å². The number of amides is 1. The number of hydrogen-bond donors (Lipinski definition) is 1. The molecule has 0 unspecified atom stereocenters. The fourth-order valence-corrected chi connectivity index (χ4v) is 5.89. The third kappa shape index (κ3) is 5.55. The summed E-state index contributed by atoms with van der Waals surface area (Å²) in [4.78, 5) is 23.8. The van der Waals surface area contributed by atoms with E-state index in [0.29, 0.717) is 41.8 Å². The summed E-state index contributed by atoms with van der Waals surface area (Å²) in [5, 5.41) is 3.30. The average Bonchev–Trinajstić information content (AvgIpc) is 3.21. The zero-order valence-electron chi connectivity index (χ0n) is 18.1. The maximum Gasteiger partial charge on any atom is 0.263 e. The first-order chi connectivity index (χ1) is 15.8. The number of hydrogen-bond acceptors (Lipinski definition) is 7. The van der Waals surface area contributed by atoms with Crippen LogP contribution < -0.4 is 10.2 Å². The van der Waals surface area contributed by atoms with Gasteiger partial charge in [-0.15, -0.1) is 11.3 Å². The topological polar surface area (TPSA) is 95.5 Å². The molecule has 1 N–H and O–H groups in total. The molecule has 1 amide bonds. The molecule has 11 heteroatoms. The van der Waals surface area contributed by atoms with Crippen LogP contribution in [0.2, 0.25) is 0 Å². The zero-order chi connectivity index (χ0) is 23.4. The number of carbonyl (C=O) groups is 1. The minimum atomic E-state index is -3.49. The van der Waals surface area contributed by atoms with Crippen molar-refractivity contribution in [2.24, 2.45) is 0 Å². The van der Waals surface area contributed by atoms with Crippen molar-refractivity contribution in [1.29, 1.82) is 0 Å². The summed E-state index contributed by atoms with van der Waals surface area (Å²) >= 11 is 1.19. The van der Waals surface area contributed by atoms with Gasteiger partial charge in [-0.2, -0.15) is 4.31 Å². The van der Waals surface area contributed by atoms with Crippen LogP contribution in [0.15, 0.2) is 48.7 Å². The number of sulfonamides is 1. The minimum Gasteiger partial charge on any atom is -0.354 e. The SMILES string of the molecule is Cc1nc(-c2ccc(F)cc2)sc1C(=O)NCCS(=O)(=O)N1CCN(c2ccccn2)CC1. The molecule has 0 saturated carbocycles. The summed E-state index contributed by atoms with van der Waals surface area (Å²) in [5.41, 5.74) is 1.27. The van der Waals surface area contributed by atoms with E-state index in [1.165, 1.54) is 27.8 Å². The van der Waals surface area contributed by atoms with Gasteiger partial charge < -0.3 is 10.2 Å². The lowest BCUT2D eigenvalue weighted by Crippen LogP contribution is -2.50. The summed E-state index contributed by atoms with van der Waals surface area (Å²) in [5.74, 6) is -0.0509. The molecule has 1 aliphatic rings. The van der Waals surface area contributed by atoms with Gasteiger partial charge in [-0.25, -0.2) is 22.8 Å². The molecule has 4 rings (SSSR count). The molecule has 8 nitrogen and oxygen atoms in total. The predicted octanol–water partition coefficient (Wildman–Crippen LogP) is 2.53. The maximum absolute atomic E-state index is 13.1. The van der Waals surface area contributed by atoms with Crippen molar-refractivity contribution < 1.29 is 17.6 Å². The Morgan fingerprint density at radius 1 is 1.12 bits per heavy atom. The highest BCUT2D eigenvalue weighted by Gasteiger charge is 2.27. The van der Waals surface area contributed by atoms with Gasteiger partial charge in [0.15, 0.2) is 0 Å². The molecule has 0 atom stereocenters. The smallest absolute Gasteiger partial charge is 0.263 e. The van der Waals surface area contributed by atoms with E-state index in [1.807, 2.05) is 18.2 Å². The van der Waals surface area contributed by atoms with Crippen LogP contribution in [0.3, 0.4) is 0 Å². The summed E-state index contributed by atoms with van der Waals surface area (Å²) < 4.78 is 40.1. The molecule has 0 spiro atoms. The highest BCUT2D eigenvalue weighted by Crippen LogP contribution is 2.28.